The molecule has 0 aliphatic carbocycles. The van der Waals surface area contributed by atoms with E-state index in [1.54, 1.807) is 58.7 Å². The van der Waals surface area contributed by atoms with Crippen molar-refractivity contribution in [3.8, 4) is 11.1 Å². The van der Waals surface area contributed by atoms with Gasteiger partial charge in [-0.2, -0.15) is 5.10 Å². The second kappa shape index (κ2) is 22.6. The number of hydrogen-bond donors (Lipinski definition) is 3. The molecule has 0 saturated carbocycles. The Hall–Kier alpha value is -7.28. The first kappa shape index (κ1) is 48.7. The summed E-state index contributed by atoms with van der Waals surface area (Å²) in [5.74, 6) is -0.551. The van der Waals surface area contributed by atoms with Crippen molar-refractivity contribution in [1.82, 2.24) is 55.0 Å². The number of carbonyl (C=O) groups excluding carboxylic acids is 4. The third kappa shape index (κ3) is 12.0. The molecule has 9 rings (SSSR count). The largest absolute Gasteiger partial charge is 0.338 e. The number of piperidine rings is 1. The molecule has 4 amide bonds. The van der Waals surface area contributed by atoms with Gasteiger partial charge in [0.05, 0.1) is 42.0 Å². The number of amides is 4. The summed E-state index contributed by atoms with van der Waals surface area (Å²) in [5, 5.41) is 14.0. The predicted octanol–water partition coefficient (Wildman–Crippen LogP) is 4.25. The van der Waals surface area contributed by atoms with Crippen molar-refractivity contribution in [2.75, 3.05) is 90.4 Å². The summed E-state index contributed by atoms with van der Waals surface area (Å²) in [6.07, 6.45) is 7.87. The first-order valence-electron chi connectivity index (χ1n) is 24.5. The van der Waals surface area contributed by atoms with Crippen LogP contribution in [0.1, 0.15) is 63.3 Å². The van der Waals surface area contributed by atoms with Crippen LogP contribution in [0.15, 0.2) is 102 Å². The van der Waals surface area contributed by atoms with E-state index >= 15 is 4.39 Å². The number of nitrogens with one attached hydrogen (secondary N) is 3. The molecule has 0 bridgehead atoms. The second-order valence-corrected chi connectivity index (χ2v) is 18.5. The van der Waals surface area contributed by atoms with Gasteiger partial charge in [-0.25, -0.2) is 24.4 Å². The average Bonchev–Trinajstić information content (AvgIpc) is 3.40. The highest BCUT2D eigenvalue weighted by Crippen LogP contribution is 2.28. The van der Waals surface area contributed by atoms with Gasteiger partial charge in [0, 0.05) is 108 Å². The molecule has 71 heavy (non-hydrogen) atoms. The number of aromatic amines is 1. The Balaban J connectivity index is 0.721. The number of pyridine rings is 1. The van der Waals surface area contributed by atoms with Crippen LogP contribution in [0.2, 0.25) is 0 Å². The van der Waals surface area contributed by atoms with Gasteiger partial charge in [0.15, 0.2) is 5.69 Å². The lowest BCUT2D eigenvalue weighted by molar-refractivity contribution is -0.134. The molecule has 6 heterocycles. The van der Waals surface area contributed by atoms with Gasteiger partial charge in [-0.1, -0.05) is 55.5 Å². The molecule has 3 aliphatic rings. The highest BCUT2D eigenvalue weighted by atomic mass is 19.1. The highest BCUT2D eigenvalue weighted by molar-refractivity contribution is 6.03. The monoisotopic (exact) mass is 962 g/mol. The number of H-pyrrole nitrogens is 1. The van der Waals surface area contributed by atoms with Crippen LogP contribution in [0.4, 0.5) is 10.1 Å². The molecule has 0 radical (unpaired) electrons. The van der Waals surface area contributed by atoms with Gasteiger partial charge < -0.3 is 30.2 Å². The van der Waals surface area contributed by atoms with Crippen molar-refractivity contribution < 1.29 is 23.6 Å². The van der Waals surface area contributed by atoms with Crippen LogP contribution in [0, 0.1) is 11.7 Å². The number of halogens is 1. The molecule has 0 atom stereocenters. The van der Waals surface area contributed by atoms with Crippen molar-refractivity contribution in [2.24, 2.45) is 5.92 Å². The lowest BCUT2D eigenvalue weighted by Crippen LogP contribution is -2.55. The minimum atomic E-state index is -0.613. The molecule has 3 aliphatic heterocycles. The number of anilines is 1. The molecule has 3 aromatic heterocycles. The van der Waals surface area contributed by atoms with Crippen LogP contribution in [0.25, 0.3) is 21.9 Å². The Bertz CT molecular complexity index is 2930. The molecule has 0 spiro atoms. The summed E-state index contributed by atoms with van der Waals surface area (Å²) in [4.78, 5) is 89.5. The molecule has 0 unspecified atom stereocenters. The summed E-state index contributed by atoms with van der Waals surface area (Å²) in [5.41, 5.74) is 4.51. The summed E-state index contributed by atoms with van der Waals surface area (Å²) < 4.78 is 15.1. The van der Waals surface area contributed by atoms with Crippen LogP contribution in [-0.4, -0.2) is 158 Å². The number of nitrogens with zero attached hydrogens (tertiary/aromatic N) is 9. The summed E-state index contributed by atoms with van der Waals surface area (Å²) in [6.45, 7) is 9.33. The fourth-order valence-electron chi connectivity index (χ4n) is 9.69. The second-order valence-electron chi connectivity index (χ2n) is 18.5. The standard InChI is InChI=1S/C53H59FN12O5/c1-2-36-7-5-8-39(27-36)40-30-46(59-48(67)33-55-32-47-56-15-6-16-57-47)50(58-31-40)53(71)65-17-13-37(14-18-65)34-62-19-21-63(22-20-62)35-49(68)64-23-25-66(26-24-64)52(70)43-28-38(11-12-44(43)54)29-45-41-9-3-4-10-42(41)51(69)61-60-45/h3-12,15-16,27-28,30-31,37,55H,2,13-14,17-26,29,32-35H2,1H3,(H,59,67)(H,61,69). The molecule has 17 nitrogen and oxygen atoms in total. The zero-order valence-electron chi connectivity index (χ0n) is 40.0. The minimum Gasteiger partial charge on any atom is -0.338 e. The maximum absolute atomic E-state index is 15.1. The first-order valence-corrected chi connectivity index (χ1v) is 24.5. The zero-order chi connectivity index (χ0) is 49.3. The SMILES string of the molecule is CCc1cccc(-c2cnc(C(=O)N3CCC(CN4CCN(CC(=O)N5CCN(C(=O)c6cc(Cc7n[nH]c(=O)c8ccccc78)ccc6F)CC5)CC4)CC3)c(NC(=O)CNCc3ncccn3)c2)c1. The zero-order valence-corrected chi connectivity index (χ0v) is 40.0. The fraction of sp³-hybridized carbons (Fsp3) is 0.377. The van der Waals surface area contributed by atoms with E-state index in [0.29, 0.717) is 98.2 Å². The maximum atomic E-state index is 15.1. The highest BCUT2D eigenvalue weighted by Gasteiger charge is 2.31. The third-order valence-corrected chi connectivity index (χ3v) is 13.8. The number of benzene rings is 3. The Labute approximate surface area is 411 Å². The number of fused-ring (bicyclic) bond motifs is 1. The van der Waals surface area contributed by atoms with Crippen LogP contribution < -0.4 is 16.2 Å². The number of carbonyl (C=O) groups is 4. The van der Waals surface area contributed by atoms with E-state index in [0.717, 1.165) is 63.1 Å². The molecule has 6 aromatic rings. The smallest absolute Gasteiger partial charge is 0.274 e. The Morgan fingerprint density at radius 3 is 2.20 bits per heavy atom. The first-order chi connectivity index (χ1) is 34.6. The lowest BCUT2D eigenvalue weighted by Gasteiger charge is -2.40. The summed E-state index contributed by atoms with van der Waals surface area (Å²) in [6, 6.07) is 23.3. The third-order valence-electron chi connectivity index (χ3n) is 13.8. The normalized spacial score (nSPS) is 16.1. The number of likely N-dealkylation sites (tertiary alicyclic amines) is 1. The molecule has 368 valence electrons. The quantitative estimate of drug-likeness (QED) is 0.133. The van der Waals surface area contributed by atoms with E-state index in [4.69, 9.17) is 0 Å². The van der Waals surface area contributed by atoms with Crippen LogP contribution in [0.5, 0.6) is 0 Å². The topological polar surface area (TPSA) is 193 Å². The predicted molar refractivity (Wildman–Crippen MR) is 267 cm³/mol. The van der Waals surface area contributed by atoms with Crippen LogP contribution in [0.3, 0.4) is 0 Å². The van der Waals surface area contributed by atoms with Crippen molar-refractivity contribution in [1.29, 1.82) is 0 Å². The van der Waals surface area contributed by atoms with Crippen molar-refractivity contribution in [3.05, 3.63) is 148 Å². The van der Waals surface area contributed by atoms with Gasteiger partial charge in [0.1, 0.15) is 11.6 Å². The molecule has 3 saturated heterocycles. The number of aromatic nitrogens is 5. The molecular formula is C53H59FN12O5. The number of aryl methyl sites for hydroxylation is 1. The van der Waals surface area contributed by atoms with E-state index < -0.39 is 11.7 Å². The van der Waals surface area contributed by atoms with Crippen LogP contribution in [-0.2, 0) is 29.0 Å². The van der Waals surface area contributed by atoms with Gasteiger partial charge in [-0.05, 0) is 72.2 Å². The van der Waals surface area contributed by atoms with Gasteiger partial charge in [0.2, 0.25) is 11.8 Å². The molecule has 18 heteroatoms. The Kier molecular flexibility index (Phi) is 15.5. The maximum Gasteiger partial charge on any atom is 0.274 e. The number of hydrogen-bond acceptors (Lipinski definition) is 12. The van der Waals surface area contributed by atoms with E-state index in [1.807, 2.05) is 35.2 Å². The van der Waals surface area contributed by atoms with E-state index in [2.05, 4.69) is 64.6 Å². The van der Waals surface area contributed by atoms with Gasteiger partial charge in [-0.3, -0.25) is 28.9 Å². The Morgan fingerprint density at radius 2 is 1.44 bits per heavy atom. The molecule has 3 N–H and O–H groups in total. The fourth-order valence-corrected chi connectivity index (χ4v) is 9.69. The van der Waals surface area contributed by atoms with Gasteiger partial charge in [-0.15, -0.1) is 0 Å². The summed E-state index contributed by atoms with van der Waals surface area (Å²) in [7, 11) is 0. The summed E-state index contributed by atoms with van der Waals surface area (Å²) >= 11 is 0. The van der Waals surface area contributed by atoms with E-state index in [-0.39, 0.29) is 41.1 Å². The van der Waals surface area contributed by atoms with Gasteiger partial charge in [0.25, 0.3) is 17.4 Å². The average molecular weight is 963 g/mol. The minimum absolute atomic E-state index is 0.000108. The van der Waals surface area contributed by atoms with Gasteiger partial charge >= 0.3 is 0 Å². The molecule has 3 aromatic carbocycles. The number of piperazine rings is 2. The van der Waals surface area contributed by atoms with E-state index in [9.17, 15) is 24.0 Å². The Morgan fingerprint density at radius 1 is 0.718 bits per heavy atom. The van der Waals surface area contributed by atoms with Crippen molar-refractivity contribution in [3.63, 3.8) is 0 Å². The molecule has 3 fully saturated rings. The van der Waals surface area contributed by atoms with E-state index in [1.165, 1.54) is 11.6 Å². The van der Waals surface area contributed by atoms with Crippen LogP contribution >= 0.6 is 0 Å². The lowest BCUT2D eigenvalue weighted by atomic mass is 9.95. The number of rotatable bonds is 15. The molecular weight excluding hydrogens is 904 g/mol. The van der Waals surface area contributed by atoms with Crippen molar-refractivity contribution >= 4 is 40.1 Å². The van der Waals surface area contributed by atoms with Crippen molar-refractivity contribution in [2.45, 2.75) is 39.2 Å².